The van der Waals surface area contributed by atoms with Gasteiger partial charge in [-0.1, -0.05) is 12.1 Å². The van der Waals surface area contributed by atoms with E-state index in [1.165, 1.54) is 6.07 Å². The average molecular weight is 298 g/mol. The molecule has 1 aromatic heterocycles. The number of halogens is 2. The lowest BCUT2D eigenvalue weighted by molar-refractivity contribution is 0.626. The van der Waals surface area contributed by atoms with Gasteiger partial charge in [-0.05, 0) is 45.8 Å². The van der Waals surface area contributed by atoms with Crippen LogP contribution in [0.4, 0.5) is 4.39 Å². The van der Waals surface area contributed by atoms with E-state index in [0.717, 1.165) is 20.8 Å². The Morgan fingerprint density at radius 3 is 2.81 bits per heavy atom. The van der Waals surface area contributed by atoms with Gasteiger partial charge in [-0.2, -0.15) is 0 Å². The summed E-state index contributed by atoms with van der Waals surface area (Å²) >= 11 is 4.92. The number of rotatable bonds is 3. The van der Waals surface area contributed by atoms with E-state index in [4.69, 9.17) is 0 Å². The smallest absolute Gasteiger partial charge is 0.123 e. The molecule has 4 heteroatoms. The van der Waals surface area contributed by atoms with Crippen molar-refractivity contribution < 1.29 is 4.39 Å². The molecule has 82 valence electrons. The Labute approximate surface area is 106 Å². The van der Waals surface area contributed by atoms with Crippen LogP contribution in [0.25, 0.3) is 0 Å². The van der Waals surface area contributed by atoms with E-state index in [9.17, 15) is 4.39 Å². The molecule has 0 N–H and O–H groups in total. The predicted octanol–water partition coefficient (Wildman–Crippen LogP) is 4.28. The van der Waals surface area contributed by atoms with Crippen LogP contribution in [0.1, 0.15) is 5.56 Å². The molecule has 0 spiro atoms. The Morgan fingerprint density at radius 2 is 2.12 bits per heavy atom. The molecule has 0 unspecified atom stereocenters. The van der Waals surface area contributed by atoms with Crippen LogP contribution in [0.5, 0.6) is 0 Å². The summed E-state index contributed by atoms with van der Waals surface area (Å²) in [7, 11) is 0. The highest BCUT2D eigenvalue weighted by Crippen LogP contribution is 2.22. The van der Waals surface area contributed by atoms with Gasteiger partial charge in [0, 0.05) is 16.4 Å². The Bertz CT molecular complexity index is 473. The third-order valence-corrected chi connectivity index (χ3v) is 3.46. The van der Waals surface area contributed by atoms with Gasteiger partial charge in [0.1, 0.15) is 5.82 Å². The molecule has 0 aliphatic heterocycles. The molecule has 16 heavy (non-hydrogen) atoms. The van der Waals surface area contributed by atoms with Crippen LogP contribution in [0.3, 0.4) is 0 Å². The molecule has 0 amide bonds. The monoisotopic (exact) mass is 297 g/mol. The number of pyridine rings is 1. The quantitative estimate of drug-likeness (QED) is 0.785. The summed E-state index contributed by atoms with van der Waals surface area (Å²) in [5, 5.41) is 0.937. The van der Waals surface area contributed by atoms with Crippen molar-refractivity contribution in [3.05, 3.63) is 58.4 Å². The fraction of sp³-hybridized carbons (Fsp3) is 0.0833. The van der Waals surface area contributed by atoms with Gasteiger partial charge < -0.3 is 0 Å². The number of aromatic nitrogens is 1. The molecular formula is C12H9BrFNS. The summed E-state index contributed by atoms with van der Waals surface area (Å²) in [5.74, 6) is 0.536. The van der Waals surface area contributed by atoms with Crippen LogP contribution < -0.4 is 0 Å². The highest BCUT2D eigenvalue weighted by molar-refractivity contribution is 9.10. The van der Waals surface area contributed by atoms with Crippen LogP contribution in [0.15, 0.2) is 52.1 Å². The Kier molecular flexibility index (Phi) is 3.96. The van der Waals surface area contributed by atoms with E-state index in [1.54, 1.807) is 30.1 Å². The molecule has 0 aliphatic rings. The van der Waals surface area contributed by atoms with Crippen molar-refractivity contribution in [1.82, 2.24) is 4.98 Å². The predicted molar refractivity (Wildman–Crippen MR) is 67.9 cm³/mol. The second-order valence-corrected chi connectivity index (χ2v) is 5.14. The van der Waals surface area contributed by atoms with Gasteiger partial charge in [0.25, 0.3) is 0 Å². The Hall–Kier alpha value is -0.870. The fourth-order valence-corrected chi connectivity index (χ4v) is 2.25. The summed E-state index contributed by atoms with van der Waals surface area (Å²) < 4.78 is 13.9. The van der Waals surface area contributed by atoms with E-state index < -0.39 is 0 Å². The summed E-state index contributed by atoms with van der Waals surface area (Å²) in [6, 6.07) is 10.5. The zero-order chi connectivity index (χ0) is 11.4. The topological polar surface area (TPSA) is 12.9 Å². The van der Waals surface area contributed by atoms with Crippen molar-refractivity contribution in [3.8, 4) is 0 Å². The van der Waals surface area contributed by atoms with E-state index >= 15 is 0 Å². The van der Waals surface area contributed by atoms with E-state index in [2.05, 4.69) is 20.9 Å². The van der Waals surface area contributed by atoms with E-state index in [1.807, 2.05) is 18.2 Å². The van der Waals surface area contributed by atoms with Gasteiger partial charge in [-0.15, -0.1) is 11.8 Å². The molecule has 1 nitrogen and oxygen atoms in total. The molecule has 0 fully saturated rings. The van der Waals surface area contributed by atoms with Gasteiger partial charge in [0.05, 0.1) is 5.03 Å². The summed E-state index contributed by atoms with van der Waals surface area (Å²) in [6.07, 6.45) is 1.76. The van der Waals surface area contributed by atoms with E-state index in [-0.39, 0.29) is 5.82 Å². The lowest BCUT2D eigenvalue weighted by Gasteiger charge is -2.01. The molecule has 0 aliphatic carbocycles. The van der Waals surface area contributed by atoms with Crippen LogP contribution in [-0.2, 0) is 5.75 Å². The number of hydrogen-bond acceptors (Lipinski definition) is 2. The van der Waals surface area contributed by atoms with Crippen LogP contribution in [0, 0.1) is 5.82 Å². The minimum atomic E-state index is -0.193. The molecule has 0 bridgehead atoms. The lowest BCUT2D eigenvalue weighted by Crippen LogP contribution is -1.84. The van der Waals surface area contributed by atoms with Gasteiger partial charge >= 0.3 is 0 Å². The van der Waals surface area contributed by atoms with Crippen molar-refractivity contribution in [2.24, 2.45) is 0 Å². The maximum Gasteiger partial charge on any atom is 0.123 e. The molecule has 2 aromatic rings. The van der Waals surface area contributed by atoms with Crippen LogP contribution in [0.2, 0.25) is 0 Å². The highest BCUT2D eigenvalue weighted by atomic mass is 79.9. The SMILES string of the molecule is Fc1cccc(CSc2ccc(Br)cn2)c1. The highest BCUT2D eigenvalue weighted by Gasteiger charge is 1.98. The van der Waals surface area contributed by atoms with Crippen molar-refractivity contribution in [1.29, 1.82) is 0 Å². The lowest BCUT2D eigenvalue weighted by atomic mass is 10.2. The van der Waals surface area contributed by atoms with Gasteiger partial charge in [-0.3, -0.25) is 0 Å². The first-order valence-electron chi connectivity index (χ1n) is 4.73. The minimum Gasteiger partial charge on any atom is -0.249 e. The van der Waals surface area contributed by atoms with Crippen molar-refractivity contribution in [2.75, 3.05) is 0 Å². The molecule has 0 radical (unpaired) electrons. The summed E-state index contributed by atoms with van der Waals surface area (Å²) in [4.78, 5) is 4.24. The number of hydrogen-bond donors (Lipinski definition) is 0. The first kappa shape index (κ1) is 11.6. The normalized spacial score (nSPS) is 10.4. The third kappa shape index (κ3) is 3.32. The maximum atomic E-state index is 12.9. The molecule has 1 aromatic carbocycles. The second-order valence-electron chi connectivity index (χ2n) is 3.23. The fourth-order valence-electron chi connectivity index (χ4n) is 1.23. The average Bonchev–Trinajstić information content (AvgIpc) is 2.28. The van der Waals surface area contributed by atoms with E-state index in [0.29, 0.717) is 0 Å². The van der Waals surface area contributed by atoms with Gasteiger partial charge in [0.15, 0.2) is 0 Å². The summed E-state index contributed by atoms with van der Waals surface area (Å²) in [6.45, 7) is 0. The van der Waals surface area contributed by atoms with Gasteiger partial charge in [-0.25, -0.2) is 9.37 Å². The molecular weight excluding hydrogens is 289 g/mol. The zero-order valence-electron chi connectivity index (χ0n) is 8.36. The third-order valence-electron chi connectivity index (χ3n) is 1.98. The molecule has 0 saturated heterocycles. The molecule has 0 atom stereocenters. The molecule has 2 rings (SSSR count). The van der Waals surface area contributed by atoms with Crippen molar-refractivity contribution in [2.45, 2.75) is 10.8 Å². The first-order chi connectivity index (χ1) is 7.74. The Morgan fingerprint density at radius 1 is 1.25 bits per heavy atom. The minimum absolute atomic E-state index is 0.193. The molecule has 1 heterocycles. The largest absolute Gasteiger partial charge is 0.249 e. The van der Waals surface area contributed by atoms with Crippen LogP contribution >= 0.6 is 27.7 Å². The standard InChI is InChI=1S/C12H9BrFNS/c13-10-4-5-12(15-7-10)16-8-9-2-1-3-11(14)6-9/h1-7H,8H2. The first-order valence-corrected chi connectivity index (χ1v) is 6.51. The number of benzene rings is 1. The summed E-state index contributed by atoms with van der Waals surface area (Å²) in [5.41, 5.74) is 0.967. The van der Waals surface area contributed by atoms with Crippen molar-refractivity contribution >= 4 is 27.7 Å². The van der Waals surface area contributed by atoms with Crippen molar-refractivity contribution in [3.63, 3.8) is 0 Å². The maximum absolute atomic E-state index is 12.9. The number of thioether (sulfide) groups is 1. The zero-order valence-corrected chi connectivity index (χ0v) is 10.8. The number of nitrogens with zero attached hydrogens (tertiary/aromatic N) is 1. The van der Waals surface area contributed by atoms with Crippen LogP contribution in [-0.4, -0.2) is 4.98 Å². The molecule has 0 saturated carbocycles. The second kappa shape index (κ2) is 5.46. The van der Waals surface area contributed by atoms with Gasteiger partial charge in [0.2, 0.25) is 0 Å². The Balaban J connectivity index is 1.99.